The maximum absolute atomic E-state index is 10.3. The molecule has 0 amide bonds. The van der Waals surface area contributed by atoms with Crippen molar-refractivity contribution in [1.82, 2.24) is 25.0 Å². The first-order valence-corrected chi connectivity index (χ1v) is 3.98. The molecule has 0 atom stereocenters. The SMILES string of the molecule is O=Cc1cn(Cc2cnccn2)nn1. The second-order valence-corrected chi connectivity index (χ2v) is 2.66. The number of carbonyl (C=O) groups is 1. The lowest BCUT2D eigenvalue weighted by molar-refractivity contribution is 0.111. The zero-order valence-electron chi connectivity index (χ0n) is 7.24. The molecule has 14 heavy (non-hydrogen) atoms. The molecule has 0 fully saturated rings. The van der Waals surface area contributed by atoms with Crippen LogP contribution in [0.2, 0.25) is 0 Å². The first-order valence-electron chi connectivity index (χ1n) is 3.98. The number of nitrogens with zero attached hydrogens (tertiary/aromatic N) is 5. The third-order valence-electron chi connectivity index (χ3n) is 1.62. The quantitative estimate of drug-likeness (QED) is 0.632. The summed E-state index contributed by atoms with van der Waals surface area (Å²) in [6.45, 7) is 0.467. The van der Waals surface area contributed by atoms with Crippen LogP contribution in [-0.2, 0) is 6.54 Å². The summed E-state index contributed by atoms with van der Waals surface area (Å²) in [5.74, 6) is 0. The van der Waals surface area contributed by atoms with E-state index < -0.39 is 0 Å². The van der Waals surface area contributed by atoms with E-state index in [9.17, 15) is 4.79 Å². The zero-order chi connectivity index (χ0) is 9.80. The normalized spacial score (nSPS) is 10.0. The molecule has 0 saturated carbocycles. The van der Waals surface area contributed by atoms with Crippen LogP contribution in [0, 0.1) is 0 Å². The Bertz CT molecular complexity index is 424. The van der Waals surface area contributed by atoms with E-state index >= 15 is 0 Å². The van der Waals surface area contributed by atoms with Gasteiger partial charge in [0.05, 0.1) is 24.6 Å². The van der Waals surface area contributed by atoms with Crippen molar-refractivity contribution in [2.45, 2.75) is 6.54 Å². The van der Waals surface area contributed by atoms with Crippen LogP contribution in [0.4, 0.5) is 0 Å². The summed E-state index contributed by atoms with van der Waals surface area (Å²) in [4.78, 5) is 18.3. The van der Waals surface area contributed by atoms with E-state index in [4.69, 9.17) is 0 Å². The predicted molar refractivity (Wildman–Crippen MR) is 46.5 cm³/mol. The van der Waals surface area contributed by atoms with Crippen molar-refractivity contribution in [1.29, 1.82) is 0 Å². The van der Waals surface area contributed by atoms with E-state index in [0.717, 1.165) is 5.69 Å². The smallest absolute Gasteiger partial charge is 0.171 e. The highest BCUT2D eigenvalue weighted by atomic mass is 16.1. The van der Waals surface area contributed by atoms with Gasteiger partial charge in [-0.15, -0.1) is 5.10 Å². The van der Waals surface area contributed by atoms with E-state index in [2.05, 4.69) is 20.3 Å². The molecule has 6 heteroatoms. The van der Waals surface area contributed by atoms with Crippen LogP contribution in [0.1, 0.15) is 16.2 Å². The highest BCUT2D eigenvalue weighted by Gasteiger charge is 2.00. The maximum atomic E-state index is 10.3. The molecule has 2 aromatic heterocycles. The van der Waals surface area contributed by atoms with Gasteiger partial charge in [-0.3, -0.25) is 14.8 Å². The Hall–Kier alpha value is -2.11. The van der Waals surface area contributed by atoms with Crippen molar-refractivity contribution >= 4 is 6.29 Å². The van der Waals surface area contributed by atoms with Crippen molar-refractivity contribution in [3.63, 3.8) is 0 Å². The minimum absolute atomic E-state index is 0.314. The average molecular weight is 189 g/mol. The summed E-state index contributed by atoms with van der Waals surface area (Å²) in [6.07, 6.45) is 7.05. The predicted octanol–water partition coefficient (Wildman–Crippen LogP) is -0.0711. The molecule has 0 aliphatic rings. The standard InChI is InChI=1S/C8H7N5O/c14-6-8-5-13(12-11-8)4-7-3-9-1-2-10-7/h1-3,5-6H,4H2. The Kier molecular flexibility index (Phi) is 2.26. The van der Waals surface area contributed by atoms with Crippen LogP contribution in [0.5, 0.6) is 0 Å². The topological polar surface area (TPSA) is 73.6 Å². The minimum Gasteiger partial charge on any atom is -0.296 e. The van der Waals surface area contributed by atoms with Crippen molar-refractivity contribution in [3.8, 4) is 0 Å². The molecule has 2 rings (SSSR count). The van der Waals surface area contributed by atoms with E-state index in [0.29, 0.717) is 18.5 Å². The van der Waals surface area contributed by atoms with Gasteiger partial charge in [0.15, 0.2) is 6.29 Å². The molecule has 0 bridgehead atoms. The fourth-order valence-electron chi connectivity index (χ4n) is 1.02. The molecule has 2 aromatic rings. The number of aldehydes is 1. The van der Waals surface area contributed by atoms with Gasteiger partial charge in [0.25, 0.3) is 0 Å². The molecule has 2 heterocycles. The summed E-state index contributed by atoms with van der Waals surface area (Å²) in [7, 11) is 0. The first-order chi connectivity index (χ1) is 6.88. The minimum atomic E-state index is 0.314. The molecule has 0 radical (unpaired) electrons. The lowest BCUT2D eigenvalue weighted by Crippen LogP contribution is -2.02. The Morgan fingerprint density at radius 1 is 1.43 bits per heavy atom. The van der Waals surface area contributed by atoms with Crippen LogP contribution in [0.25, 0.3) is 0 Å². The molecular weight excluding hydrogens is 182 g/mol. The van der Waals surface area contributed by atoms with Crippen LogP contribution in [0.3, 0.4) is 0 Å². The molecule has 0 aliphatic carbocycles. The van der Waals surface area contributed by atoms with Gasteiger partial charge in [0, 0.05) is 12.4 Å². The molecule has 0 N–H and O–H groups in total. The summed E-state index contributed by atoms with van der Waals surface area (Å²) >= 11 is 0. The zero-order valence-corrected chi connectivity index (χ0v) is 7.24. The third-order valence-corrected chi connectivity index (χ3v) is 1.62. The molecule has 0 spiro atoms. The molecule has 70 valence electrons. The second-order valence-electron chi connectivity index (χ2n) is 2.66. The molecule has 0 saturated heterocycles. The van der Waals surface area contributed by atoms with Gasteiger partial charge >= 0.3 is 0 Å². The van der Waals surface area contributed by atoms with Gasteiger partial charge in [-0.1, -0.05) is 5.21 Å². The van der Waals surface area contributed by atoms with Crippen molar-refractivity contribution in [2.75, 3.05) is 0 Å². The second kappa shape index (κ2) is 3.73. The highest BCUT2D eigenvalue weighted by Crippen LogP contribution is 1.95. The van der Waals surface area contributed by atoms with Crippen LogP contribution < -0.4 is 0 Å². The Morgan fingerprint density at radius 2 is 2.36 bits per heavy atom. The van der Waals surface area contributed by atoms with E-state index in [1.807, 2.05) is 0 Å². The monoisotopic (exact) mass is 189 g/mol. The van der Waals surface area contributed by atoms with Gasteiger partial charge in [-0.05, 0) is 0 Å². The number of hydrogen-bond donors (Lipinski definition) is 0. The van der Waals surface area contributed by atoms with E-state index in [1.54, 1.807) is 24.8 Å². The fraction of sp³-hybridized carbons (Fsp3) is 0.125. The summed E-state index contributed by atoms with van der Waals surface area (Å²) in [5.41, 5.74) is 1.09. The number of carbonyl (C=O) groups excluding carboxylic acids is 1. The summed E-state index contributed by atoms with van der Waals surface area (Å²) in [5, 5.41) is 7.38. The molecular formula is C8H7N5O. The van der Waals surface area contributed by atoms with Gasteiger partial charge in [0.2, 0.25) is 0 Å². The van der Waals surface area contributed by atoms with Crippen molar-refractivity contribution in [2.24, 2.45) is 0 Å². The van der Waals surface area contributed by atoms with E-state index in [1.165, 1.54) is 4.68 Å². The van der Waals surface area contributed by atoms with Crippen molar-refractivity contribution < 1.29 is 4.79 Å². The van der Waals surface area contributed by atoms with Gasteiger partial charge in [0.1, 0.15) is 5.69 Å². The Morgan fingerprint density at radius 3 is 3.00 bits per heavy atom. The third kappa shape index (κ3) is 1.79. The van der Waals surface area contributed by atoms with Gasteiger partial charge in [-0.25, -0.2) is 4.68 Å². The number of aromatic nitrogens is 5. The highest BCUT2D eigenvalue weighted by molar-refractivity contribution is 5.70. The summed E-state index contributed by atoms with van der Waals surface area (Å²) < 4.78 is 1.54. The number of rotatable bonds is 3. The van der Waals surface area contributed by atoms with Crippen LogP contribution in [-0.4, -0.2) is 31.2 Å². The van der Waals surface area contributed by atoms with E-state index in [-0.39, 0.29) is 0 Å². The van der Waals surface area contributed by atoms with Crippen molar-refractivity contribution in [3.05, 3.63) is 36.2 Å². The van der Waals surface area contributed by atoms with Gasteiger partial charge < -0.3 is 0 Å². The molecule has 0 aromatic carbocycles. The molecule has 0 unspecified atom stereocenters. The number of hydrogen-bond acceptors (Lipinski definition) is 5. The summed E-state index contributed by atoms with van der Waals surface area (Å²) in [6, 6.07) is 0. The molecule has 0 aliphatic heterocycles. The largest absolute Gasteiger partial charge is 0.296 e. The average Bonchev–Trinajstić information content (AvgIpc) is 2.67. The van der Waals surface area contributed by atoms with Crippen LogP contribution in [0.15, 0.2) is 24.8 Å². The lowest BCUT2D eigenvalue weighted by Gasteiger charge is -1.97. The fourth-order valence-corrected chi connectivity index (χ4v) is 1.02. The lowest BCUT2D eigenvalue weighted by atomic mass is 10.4. The maximum Gasteiger partial charge on any atom is 0.171 e. The first kappa shape index (κ1) is 8.49. The Balaban J connectivity index is 2.15. The molecule has 6 nitrogen and oxygen atoms in total. The Labute approximate surface area is 79.6 Å². The van der Waals surface area contributed by atoms with Gasteiger partial charge in [-0.2, -0.15) is 0 Å². The van der Waals surface area contributed by atoms with Crippen LogP contribution >= 0.6 is 0 Å².